The van der Waals surface area contributed by atoms with Gasteiger partial charge in [-0.2, -0.15) is 0 Å². The van der Waals surface area contributed by atoms with Crippen LogP contribution >= 0.6 is 11.3 Å². The number of aromatic nitrogens is 1. The van der Waals surface area contributed by atoms with Gasteiger partial charge in [0, 0.05) is 44.3 Å². The van der Waals surface area contributed by atoms with E-state index >= 15 is 0 Å². The van der Waals surface area contributed by atoms with E-state index in [4.69, 9.17) is 4.74 Å². The Balaban J connectivity index is 2.18. The van der Waals surface area contributed by atoms with Crippen LogP contribution in [0.2, 0.25) is 0 Å². The SMILES string of the molecule is COCCC(C)(O)CNCc1cncs1. The second-order valence-corrected chi connectivity index (χ2v) is 4.78. The minimum absolute atomic E-state index is 0.564. The summed E-state index contributed by atoms with van der Waals surface area (Å²) >= 11 is 1.61. The zero-order chi connectivity index (χ0) is 11.1. The largest absolute Gasteiger partial charge is 0.389 e. The van der Waals surface area contributed by atoms with Crippen molar-refractivity contribution in [3.05, 3.63) is 16.6 Å². The number of hydrogen-bond acceptors (Lipinski definition) is 5. The molecule has 15 heavy (non-hydrogen) atoms. The quantitative estimate of drug-likeness (QED) is 0.734. The molecule has 0 radical (unpaired) electrons. The molecule has 0 aliphatic heterocycles. The second kappa shape index (κ2) is 6.17. The van der Waals surface area contributed by atoms with Gasteiger partial charge in [0.1, 0.15) is 0 Å². The molecule has 1 aromatic heterocycles. The van der Waals surface area contributed by atoms with Crippen molar-refractivity contribution in [3.63, 3.8) is 0 Å². The maximum absolute atomic E-state index is 9.92. The first-order valence-corrected chi connectivity index (χ1v) is 5.81. The van der Waals surface area contributed by atoms with Crippen LogP contribution in [0.15, 0.2) is 11.7 Å². The lowest BCUT2D eigenvalue weighted by Crippen LogP contribution is -2.38. The normalized spacial score (nSPS) is 15.1. The maximum atomic E-state index is 9.92. The molecular formula is C10H18N2O2S. The number of ether oxygens (including phenoxy) is 1. The predicted molar refractivity (Wildman–Crippen MR) is 60.9 cm³/mol. The number of methoxy groups -OCH3 is 1. The van der Waals surface area contributed by atoms with E-state index in [0.29, 0.717) is 19.6 Å². The summed E-state index contributed by atoms with van der Waals surface area (Å²) in [5, 5.41) is 13.1. The molecule has 0 aromatic carbocycles. The van der Waals surface area contributed by atoms with E-state index in [-0.39, 0.29) is 0 Å². The molecule has 0 bridgehead atoms. The van der Waals surface area contributed by atoms with E-state index in [1.165, 1.54) is 4.88 Å². The first-order chi connectivity index (χ1) is 7.14. The zero-order valence-electron chi connectivity index (χ0n) is 9.19. The van der Waals surface area contributed by atoms with Crippen molar-refractivity contribution in [2.75, 3.05) is 20.3 Å². The molecule has 1 rings (SSSR count). The number of hydrogen-bond donors (Lipinski definition) is 2. The Bertz CT molecular complexity index is 262. The molecule has 5 heteroatoms. The summed E-state index contributed by atoms with van der Waals surface area (Å²) in [6.45, 7) is 3.71. The van der Waals surface area contributed by atoms with E-state index in [0.717, 1.165) is 6.54 Å². The smallest absolute Gasteiger partial charge is 0.0794 e. The third kappa shape index (κ3) is 5.22. The summed E-state index contributed by atoms with van der Waals surface area (Å²) in [6.07, 6.45) is 2.47. The predicted octanol–water partition coefficient (Wildman–Crippen LogP) is 1.02. The summed E-state index contributed by atoms with van der Waals surface area (Å²) < 4.78 is 4.93. The molecular weight excluding hydrogens is 212 g/mol. The summed E-state index contributed by atoms with van der Waals surface area (Å²) in [5.74, 6) is 0. The number of aliphatic hydroxyl groups is 1. The molecule has 86 valence electrons. The van der Waals surface area contributed by atoms with Crippen LogP contribution in [0, 0.1) is 0 Å². The van der Waals surface area contributed by atoms with Gasteiger partial charge in [0.15, 0.2) is 0 Å². The third-order valence-corrected chi connectivity index (χ3v) is 2.91. The van der Waals surface area contributed by atoms with Crippen LogP contribution in [0.25, 0.3) is 0 Å². The molecule has 0 aliphatic carbocycles. The molecule has 0 saturated heterocycles. The van der Waals surface area contributed by atoms with Crippen LogP contribution < -0.4 is 5.32 Å². The lowest BCUT2D eigenvalue weighted by molar-refractivity contribution is 0.0248. The molecule has 1 unspecified atom stereocenters. The summed E-state index contributed by atoms with van der Waals surface area (Å²) in [5.41, 5.74) is 1.10. The molecule has 1 heterocycles. The number of nitrogens with zero attached hydrogens (tertiary/aromatic N) is 1. The molecule has 0 amide bonds. The molecule has 0 fully saturated rings. The van der Waals surface area contributed by atoms with Crippen molar-refractivity contribution >= 4 is 11.3 Å². The fraction of sp³-hybridized carbons (Fsp3) is 0.700. The lowest BCUT2D eigenvalue weighted by Gasteiger charge is -2.23. The Kier molecular flexibility index (Phi) is 5.17. The average molecular weight is 230 g/mol. The second-order valence-electron chi connectivity index (χ2n) is 3.81. The molecule has 2 N–H and O–H groups in total. The Morgan fingerprint density at radius 3 is 3.07 bits per heavy atom. The fourth-order valence-corrected chi connectivity index (χ4v) is 1.76. The van der Waals surface area contributed by atoms with E-state index in [1.807, 2.05) is 13.1 Å². The van der Waals surface area contributed by atoms with Crippen molar-refractivity contribution in [1.29, 1.82) is 0 Å². The van der Waals surface area contributed by atoms with Crippen LogP contribution in [0.1, 0.15) is 18.2 Å². The number of nitrogens with one attached hydrogen (secondary N) is 1. The highest BCUT2D eigenvalue weighted by Gasteiger charge is 2.19. The van der Waals surface area contributed by atoms with Gasteiger partial charge in [-0.25, -0.2) is 0 Å². The van der Waals surface area contributed by atoms with Gasteiger partial charge in [-0.1, -0.05) is 0 Å². The van der Waals surface area contributed by atoms with Crippen molar-refractivity contribution < 1.29 is 9.84 Å². The third-order valence-electron chi connectivity index (χ3n) is 2.13. The summed E-state index contributed by atoms with van der Waals surface area (Å²) in [4.78, 5) is 5.16. The highest BCUT2D eigenvalue weighted by atomic mass is 32.1. The van der Waals surface area contributed by atoms with Crippen LogP contribution in [0.4, 0.5) is 0 Å². The first-order valence-electron chi connectivity index (χ1n) is 4.93. The molecule has 1 atom stereocenters. The molecule has 0 saturated carbocycles. The zero-order valence-corrected chi connectivity index (χ0v) is 10.0. The van der Waals surface area contributed by atoms with Gasteiger partial charge in [0.25, 0.3) is 0 Å². The topological polar surface area (TPSA) is 54.4 Å². The monoisotopic (exact) mass is 230 g/mol. The summed E-state index contributed by atoms with van der Waals surface area (Å²) in [6, 6.07) is 0. The van der Waals surface area contributed by atoms with Gasteiger partial charge >= 0.3 is 0 Å². The number of rotatable bonds is 7. The van der Waals surface area contributed by atoms with Gasteiger partial charge in [-0.3, -0.25) is 4.98 Å². The lowest BCUT2D eigenvalue weighted by atomic mass is 10.0. The van der Waals surface area contributed by atoms with Crippen molar-refractivity contribution in [2.45, 2.75) is 25.5 Å². The van der Waals surface area contributed by atoms with Crippen LogP contribution in [0.5, 0.6) is 0 Å². The molecule has 1 aromatic rings. The van der Waals surface area contributed by atoms with Gasteiger partial charge in [-0.15, -0.1) is 11.3 Å². The minimum atomic E-state index is -0.708. The van der Waals surface area contributed by atoms with E-state index in [1.54, 1.807) is 24.0 Å². The average Bonchev–Trinajstić information content (AvgIpc) is 2.67. The van der Waals surface area contributed by atoms with E-state index < -0.39 is 5.60 Å². The Hall–Kier alpha value is -0.490. The number of thiazole rings is 1. The first kappa shape index (κ1) is 12.6. The van der Waals surface area contributed by atoms with Gasteiger partial charge in [0.2, 0.25) is 0 Å². The van der Waals surface area contributed by atoms with Crippen molar-refractivity contribution in [1.82, 2.24) is 10.3 Å². The van der Waals surface area contributed by atoms with Crippen LogP contribution in [0.3, 0.4) is 0 Å². The molecule has 4 nitrogen and oxygen atoms in total. The Morgan fingerprint density at radius 1 is 1.67 bits per heavy atom. The minimum Gasteiger partial charge on any atom is -0.389 e. The van der Waals surface area contributed by atoms with Crippen LogP contribution in [-0.4, -0.2) is 36.0 Å². The van der Waals surface area contributed by atoms with Crippen molar-refractivity contribution in [3.8, 4) is 0 Å². The molecule has 0 aliphatic rings. The molecule has 0 spiro atoms. The van der Waals surface area contributed by atoms with E-state index in [9.17, 15) is 5.11 Å². The Morgan fingerprint density at radius 2 is 2.47 bits per heavy atom. The fourth-order valence-electron chi connectivity index (χ4n) is 1.19. The van der Waals surface area contributed by atoms with Gasteiger partial charge in [0.05, 0.1) is 11.1 Å². The van der Waals surface area contributed by atoms with Crippen LogP contribution in [-0.2, 0) is 11.3 Å². The maximum Gasteiger partial charge on any atom is 0.0794 e. The Labute approximate surface area is 94.3 Å². The van der Waals surface area contributed by atoms with E-state index in [2.05, 4.69) is 10.3 Å². The van der Waals surface area contributed by atoms with Gasteiger partial charge < -0.3 is 15.2 Å². The highest BCUT2D eigenvalue weighted by molar-refractivity contribution is 7.09. The van der Waals surface area contributed by atoms with Gasteiger partial charge in [-0.05, 0) is 6.92 Å². The highest BCUT2D eigenvalue weighted by Crippen LogP contribution is 2.09. The standard InChI is InChI=1S/C10H18N2O2S/c1-10(13,3-4-14-2)7-11-5-9-6-12-8-15-9/h6,8,11,13H,3-5,7H2,1-2H3. The summed E-state index contributed by atoms with van der Waals surface area (Å²) in [7, 11) is 1.64. The van der Waals surface area contributed by atoms with Crippen molar-refractivity contribution in [2.24, 2.45) is 0 Å².